The van der Waals surface area contributed by atoms with E-state index < -0.39 is 0 Å². The molecule has 1 saturated heterocycles. The molecule has 0 amide bonds. The Morgan fingerprint density at radius 2 is 1.67 bits per heavy atom. The Hall–Kier alpha value is -5.92. The number of nitrogens with one attached hydrogen (secondary N) is 2. The SMILES string of the molecule is C=Cc1nc(N2CCc3cccc(C(=C)Nc4nc5ccccc5s4)c3C2)ccc1-c1cccc(Cc2ccc(CCCC(=C)NC(C(=C)N3CCCC3C)C(C)(C)C)cc2)c1C. The van der Waals surface area contributed by atoms with E-state index in [4.69, 9.17) is 9.97 Å². The molecule has 8 rings (SSSR count). The topological polar surface area (TPSA) is 56.3 Å². The monoisotopic (exact) mass is 852 g/mol. The number of anilines is 2. The minimum absolute atomic E-state index is 0.0487. The standard InChI is InChI=1S/C56H64N6S/c1-10-50-48(30-31-53(59-50)61-34-32-44-20-14-23-47(49(44)36-61)40(5)58-55-60-51-24-11-12-25-52(51)63-55)46-22-15-21-45(39(46)4)35-43-28-26-42(27-29-43)19-13-17-37(2)57-54(56(7,8)9)41(6)62-33-16-18-38(62)3/h10-12,14-15,20-31,38,54,57H,1-2,5-6,13,16-19,32-36H2,3-4,7-9H3,(H,58,60). The highest BCUT2D eigenvalue weighted by molar-refractivity contribution is 7.22. The number of aryl methyl sites for hydroxylation is 1. The lowest BCUT2D eigenvalue weighted by Gasteiger charge is -2.40. The average molecular weight is 853 g/mol. The summed E-state index contributed by atoms with van der Waals surface area (Å²) in [4.78, 5) is 14.9. The predicted octanol–water partition coefficient (Wildman–Crippen LogP) is 13.4. The normalized spacial score (nSPS) is 15.5. The fourth-order valence-corrected chi connectivity index (χ4v) is 10.4. The zero-order valence-corrected chi connectivity index (χ0v) is 38.9. The largest absolute Gasteiger partial charge is 0.380 e. The molecule has 6 nitrogen and oxygen atoms in total. The van der Waals surface area contributed by atoms with Gasteiger partial charge in [-0.05, 0) is 133 Å². The van der Waals surface area contributed by atoms with E-state index in [0.29, 0.717) is 6.04 Å². The molecule has 2 aliphatic heterocycles. The molecule has 2 N–H and O–H groups in total. The van der Waals surface area contributed by atoms with Crippen molar-refractivity contribution in [1.29, 1.82) is 0 Å². The van der Waals surface area contributed by atoms with Gasteiger partial charge in [-0.1, -0.05) is 131 Å². The third-order valence-corrected chi connectivity index (χ3v) is 14.1. The van der Waals surface area contributed by atoms with Crippen molar-refractivity contribution in [3.63, 3.8) is 0 Å². The minimum atomic E-state index is 0.0487. The summed E-state index contributed by atoms with van der Waals surface area (Å²) in [6, 6.07) is 35.7. The highest BCUT2D eigenvalue weighted by Gasteiger charge is 2.33. The number of benzene rings is 4. The summed E-state index contributed by atoms with van der Waals surface area (Å²) in [6.07, 6.45) is 9.22. The van der Waals surface area contributed by atoms with Gasteiger partial charge in [0.15, 0.2) is 5.13 Å². The molecule has 0 saturated carbocycles. The van der Waals surface area contributed by atoms with E-state index in [1.807, 2.05) is 18.2 Å². The number of para-hydroxylation sites is 1. The van der Waals surface area contributed by atoms with E-state index in [1.165, 1.54) is 57.5 Å². The van der Waals surface area contributed by atoms with Crippen LogP contribution >= 0.6 is 11.3 Å². The molecule has 324 valence electrons. The maximum Gasteiger partial charge on any atom is 0.188 e. The zero-order valence-electron chi connectivity index (χ0n) is 38.1. The van der Waals surface area contributed by atoms with Crippen LogP contribution in [0.4, 0.5) is 10.9 Å². The summed E-state index contributed by atoms with van der Waals surface area (Å²) in [7, 11) is 0. The van der Waals surface area contributed by atoms with Crippen molar-refractivity contribution in [2.75, 3.05) is 23.3 Å². The van der Waals surface area contributed by atoms with E-state index in [9.17, 15) is 0 Å². The van der Waals surface area contributed by atoms with Crippen molar-refractivity contribution < 1.29 is 0 Å². The number of hydrogen-bond donors (Lipinski definition) is 2. The molecule has 0 bridgehead atoms. The van der Waals surface area contributed by atoms with Crippen molar-refractivity contribution in [2.24, 2.45) is 5.41 Å². The maximum atomic E-state index is 5.23. The van der Waals surface area contributed by atoms with Gasteiger partial charge in [-0.25, -0.2) is 9.97 Å². The molecule has 63 heavy (non-hydrogen) atoms. The fourth-order valence-electron chi connectivity index (χ4n) is 9.52. The number of nitrogens with zero attached hydrogens (tertiary/aromatic N) is 4. The lowest BCUT2D eigenvalue weighted by atomic mass is 9.84. The lowest BCUT2D eigenvalue weighted by molar-refractivity contribution is 0.234. The van der Waals surface area contributed by atoms with Crippen molar-refractivity contribution in [1.82, 2.24) is 20.2 Å². The number of allylic oxidation sites excluding steroid dienone is 1. The van der Waals surface area contributed by atoms with Gasteiger partial charge in [0.2, 0.25) is 0 Å². The molecular formula is C56H64N6S. The Bertz CT molecular complexity index is 2610. The van der Waals surface area contributed by atoms with Crippen molar-refractivity contribution in [3.8, 4) is 11.1 Å². The van der Waals surface area contributed by atoms with Gasteiger partial charge in [0, 0.05) is 53.9 Å². The van der Waals surface area contributed by atoms with Crippen LogP contribution in [0.1, 0.15) is 98.0 Å². The summed E-state index contributed by atoms with van der Waals surface area (Å²) in [5, 5.41) is 8.15. The molecule has 6 aromatic rings. The van der Waals surface area contributed by atoms with Crippen LogP contribution in [0.2, 0.25) is 0 Å². The quantitative estimate of drug-likeness (QED) is 0.101. The summed E-state index contributed by atoms with van der Waals surface area (Å²) in [6.45, 7) is 31.9. The minimum Gasteiger partial charge on any atom is -0.380 e. The van der Waals surface area contributed by atoms with Crippen LogP contribution in [-0.2, 0) is 25.8 Å². The first-order valence-corrected chi connectivity index (χ1v) is 23.6. The molecule has 0 spiro atoms. The molecule has 7 heteroatoms. The molecule has 2 unspecified atom stereocenters. The van der Waals surface area contributed by atoms with Gasteiger partial charge in [0.25, 0.3) is 0 Å². The number of likely N-dealkylation sites (tertiary alicyclic amines) is 1. The Kier molecular flexibility index (Phi) is 13.1. The van der Waals surface area contributed by atoms with Gasteiger partial charge in [-0.2, -0.15) is 0 Å². The van der Waals surface area contributed by atoms with E-state index in [0.717, 1.165) is 101 Å². The lowest BCUT2D eigenvalue weighted by Crippen LogP contribution is -2.46. The van der Waals surface area contributed by atoms with Gasteiger partial charge in [0.05, 0.1) is 22.0 Å². The Balaban J connectivity index is 0.894. The Labute approximate surface area is 380 Å². The Morgan fingerprint density at radius 3 is 2.41 bits per heavy atom. The second-order valence-corrected chi connectivity index (χ2v) is 19.7. The third-order valence-electron chi connectivity index (χ3n) is 13.1. The smallest absolute Gasteiger partial charge is 0.188 e. The number of fused-ring (bicyclic) bond motifs is 2. The molecule has 2 aromatic heterocycles. The van der Waals surface area contributed by atoms with E-state index >= 15 is 0 Å². The maximum absolute atomic E-state index is 5.23. The van der Waals surface area contributed by atoms with Gasteiger partial charge in [-0.15, -0.1) is 0 Å². The van der Waals surface area contributed by atoms with Crippen LogP contribution in [0.25, 0.3) is 33.1 Å². The van der Waals surface area contributed by atoms with E-state index in [-0.39, 0.29) is 11.5 Å². The number of pyridine rings is 1. The molecule has 0 radical (unpaired) electrons. The third kappa shape index (κ3) is 9.84. The van der Waals surface area contributed by atoms with Crippen LogP contribution in [0.3, 0.4) is 0 Å². The molecule has 2 atom stereocenters. The van der Waals surface area contributed by atoms with Crippen molar-refractivity contribution in [3.05, 3.63) is 179 Å². The number of thiazole rings is 1. The summed E-state index contributed by atoms with van der Waals surface area (Å²) < 4.78 is 1.16. The molecule has 0 aliphatic carbocycles. The second-order valence-electron chi connectivity index (χ2n) is 18.7. The number of hydrogen-bond acceptors (Lipinski definition) is 7. The zero-order chi connectivity index (χ0) is 44.3. The van der Waals surface area contributed by atoms with Gasteiger partial charge in [0.1, 0.15) is 5.82 Å². The highest BCUT2D eigenvalue weighted by atomic mass is 32.1. The fraction of sp³-hybridized carbons (Fsp3) is 0.321. The first-order valence-electron chi connectivity index (χ1n) is 22.7. The summed E-state index contributed by atoms with van der Waals surface area (Å²) in [5.41, 5.74) is 16.4. The molecule has 2 aliphatic rings. The molecule has 4 aromatic carbocycles. The van der Waals surface area contributed by atoms with Crippen LogP contribution in [0.5, 0.6) is 0 Å². The number of rotatable bonds is 16. The van der Waals surface area contributed by atoms with E-state index in [2.05, 4.69) is 166 Å². The first kappa shape index (κ1) is 43.7. The van der Waals surface area contributed by atoms with Crippen LogP contribution in [0, 0.1) is 12.3 Å². The summed E-state index contributed by atoms with van der Waals surface area (Å²) in [5.74, 6) is 0.959. The molecule has 1 fully saturated rings. The average Bonchev–Trinajstić information content (AvgIpc) is 3.91. The highest BCUT2D eigenvalue weighted by Crippen LogP contribution is 2.36. The van der Waals surface area contributed by atoms with Crippen molar-refractivity contribution in [2.45, 2.75) is 98.2 Å². The van der Waals surface area contributed by atoms with Gasteiger partial charge in [-0.3, -0.25) is 0 Å². The van der Waals surface area contributed by atoms with Crippen LogP contribution < -0.4 is 15.5 Å². The molecule has 4 heterocycles. The first-order chi connectivity index (χ1) is 30.4. The Morgan fingerprint density at radius 1 is 0.889 bits per heavy atom. The summed E-state index contributed by atoms with van der Waals surface area (Å²) >= 11 is 1.65. The predicted molar refractivity (Wildman–Crippen MR) is 270 cm³/mol. The second kappa shape index (κ2) is 18.8. The van der Waals surface area contributed by atoms with E-state index in [1.54, 1.807) is 11.3 Å². The van der Waals surface area contributed by atoms with Crippen LogP contribution in [-0.4, -0.2) is 40.0 Å². The number of aromatic nitrogens is 2. The van der Waals surface area contributed by atoms with Gasteiger partial charge >= 0.3 is 0 Å². The molecular weight excluding hydrogens is 789 g/mol. The van der Waals surface area contributed by atoms with Crippen molar-refractivity contribution >= 4 is 44.3 Å². The van der Waals surface area contributed by atoms with Crippen LogP contribution in [0.15, 0.2) is 135 Å². The van der Waals surface area contributed by atoms with Gasteiger partial charge < -0.3 is 20.4 Å².